The van der Waals surface area contributed by atoms with Crippen molar-refractivity contribution in [1.82, 2.24) is 19.1 Å². The van der Waals surface area contributed by atoms with E-state index >= 15 is 0 Å². The zero-order valence-electron chi connectivity index (χ0n) is 14.1. The van der Waals surface area contributed by atoms with Gasteiger partial charge >= 0.3 is 5.69 Å². The van der Waals surface area contributed by atoms with Gasteiger partial charge in [0, 0.05) is 26.6 Å². The minimum absolute atomic E-state index is 0.0525. The average Bonchev–Trinajstić information content (AvgIpc) is 3.21. The number of nitrogens with zero attached hydrogens (tertiary/aromatic N) is 3. The van der Waals surface area contributed by atoms with E-state index in [9.17, 15) is 13.2 Å². The summed E-state index contributed by atoms with van der Waals surface area (Å²) in [5, 5.41) is 4.29. The summed E-state index contributed by atoms with van der Waals surface area (Å²) in [6, 6.07) is -0.0525. The van der Waals surface area contributed by atoms with E-state index in [1.54, 1.807) is 18.7 Å². The van der Waals surface area contributed by atoms with Crippen LogP contribution >= 0.6 is 0 Å². The minimum atomic E-state index is -3.27. The molecular formula is C15H26N4O3S. The maximum absolute atomic E-state index is 12.5. The van der Waals surface area contributed by atoms with Crippen LogP contribution in [0, 0.1) is 5.92 Å². The van der Waals surface area contributed by atoms with Crippen LogP contribution in [0.15, 0.2) is 4.79 Å². The summed E-state index contributed by atoms with van der Waals surface area (Å²) >= 11 is 0. The van der Waals surface area contributed by atoms with E-state index in [1.165, 1.54) is 4.68 Å². The third-order valence-electron chi connectivity index (χ3n) is 5.48. The molecule has 2 saturated carbocycles. The fourth-order valence-corrected chi connectivity index (χ4v) is 5.05. The highest BCUT2D eigenvalue weighted by molar-refractivity contribution is 7.91. The number of hydrogen-bond donors (Lipinski definition) is 1. The summed E-state index contributed by atoms with van der Waals surface area (Å²) in [6.07, 6.45) is 6.09. The van der Waals surface area contributed by atoms with Gasteiger partial charge in [-0.25, -0.2) is 22.6 Å². The molecule has 1 N–H and O–H groups in total. The van der Waals surface area contributed by atoms with E-state index < -0.39 is 14.8 Å². The van der Waals surface area contributed by atoms with Crippen LogP contribution in [0.2, 0.25) is 0 Å². The molecule has 1 aromatic heterocycles. The molecule has 7 nitrogen and oxygen atoms in total. The molecule has 0 aliphatic heterocycles. The van der Waals surface area contributed by atoms with Gasteiger partial charge in [-0.15, -0.1) is 0 Å². The first kappa shape index (κ1) is 16.7. The van der Waals surface area contributed by atoms with Gasteiger partial charge in [0.2, 0.25) is 10.0 Å². The van der Waals surface area contributed by atoms with Crippen LogP contribution in [0.5, 0.6) is 0 Å². The summed E-state index contributed by atoms with van der Waals surface area (Å²) in [4.78, 5) is 11.8. The first-order chi connectivity index (χ1) is 10.7. The molecule has 2 aliphatic rings. The molecule has 23 heavy (non-hydrogen) atoms. The molecule has 1 aromatic rings. The smallest absolute Gasteiger partial charge is 0.282 e. The normalized spacial score (nSPS) is 27.1. The Morgan fingerprint density at radius 3 is 2.48 bits per heavy atom. The van der Waals surface area contributed by atoms with E-state index in [4.69, 9.17) is 0 Å². The highest BCUT2D eigenvalue weighted by Gasteiger charge is 2.51. The number of rotatable bonds is 5. The van der Waals surface area contributed by atoms with Crippen LogP contribution in [-0.4, -0.2) is 33.6 Å². The topological polar surface area (TPSA) is 86.0 Å². The molecule has 0 amide bonds. The summed E-state index contributed by atoms with van der Waals surface area (Å²) < 4.78 is 30.3. The number of aromatic nitrogens is 3. The number of hydrogen-bond acceptors (Lipinski definition) is 4. The molecule has 2 fully saturated rings. The van der Waals surface area contributed by atoms with E-state index in [0.29, 0.717) is 6.42 Å². The lowest BCUT2D eigenvalue weighted by atomic mass is 9.83. The van der Waals surface area contributed by atoms with E-state index in [0.717, 1.165) is 44.3 Å². The summed E-state index contributed by atoms with van der Waals surface area (Å²) in [5.41, 5.74) is -0.140. The Labute approximate surface area is 137 Å². The van der Waals surface area contributed by atoms with Crippen molar-refractivity contribution in [3.8, 4) is 0 Å². The van der Waals surface area contributed by atoms with Crippen LogP contribution in [-0.2, 0) is 30.5 Å². The highest BCUT2D eigenvalue weighted by Crippen LogP contribution is 2.43. The first-order valence-electron chi connectivity index (χ1n) is 8.34. The predicted octanol–water partition coefficient (Wildman–Crippen LogP) is 0.692. The van der Waals surface area contributed by atoms with Crippen LogP contribution < -0.4 is 10.4 Å². The Bertz CT molecular complexity index is 745. The molecule has 2 aliphatic carbocycles. The average molecular weight is 342 g/mol. The molecule has 2 atom stereocenters. The number of nitrogens with one attached hydrogen (secondary N) is 1. The molecule has 0 spiro atoms. The second kappa shape index (κ2) is 5.73. The Morgan fingerprint density at radius 1 is 1.26 bits per heavy atom. The van der Waals surface area contributed by atoms with Gasteiger partial charge in [-0.05, 0) is 38.5 Å². The first-order valence-corrected chi connectivity index (χ1v) is 9.83. The molecule has 1 heterocycles. The van der Waals surface area contributed by atoms with Gasteiger partial charge in [0.25, 0.3) is 0 Å². The molecule has 0 radical (unpaired) electrons. The lowest BCUT2D eigenvalue weighted by molar-refractivity contribution is 0.281. The molecule has 0 bridgehead atoms. The zero-order chi connectivity index (χ0) is 16.8. The van der Waals surface area contributed by atoms with Crippen molar-refractivity contribution in [2.45, 2.75) is 62.7 Å². The minimum Gasteiger partial charge on any atom is -0.282 e. The van der Waals surface area contributed by atoms with Gasteiger partial charge in [0.1, 0.15) is 5.82 Å². The van der Waals surface area contributed by atoms with Gasteiger partial charge in [-0.3, -0.25) is 4.57 Å². The van der Waals surface area contributed by atoms with Crippen LogP contribution in [0.4, 0.5) is 0 Å². The van der Waals surface area contributed by atoms with Gasteiger partial charge in [-0.1, -0.05) is 12.8 Å². The molecular weight excluding hydrogens is 316 g/mol. The monoisotopic (exact) mass is 342 g/mol. The van der Waals surface area contributed by atoms with Gasteiger partial charge in [0.15, 0.2) is 0 Å². The SMILES string of the molecule is Cn1nc(C[C@@H]2CCCC[C@@H]2NS(=O)(=O)C2(C)CC2)n(C)c1=O. The maximum atomic E-state index is 12.5. The summed E-state index contributed by atoms with van der Waals surface area (Å²) in [6.45, 7) is 1.82. The van der Waals surface area contributed by atoms with E-state index in [2.05, 4.69) is 9.82 Å². The fraction of sp³-hybridized carbons (Fsp3) is 0.867. The van der Waals surface area contributed by atoms with Crippen LogP contribution in [0.1, 0.15) is 51.3 Å². The fourth-order valence-electron chi connectivity index (χ4n) is 3.42. The Kier molecular flexibility index (Phi) is 4.16. The van der Waals surface area contributed by atoms with Crippen molar-refractivity contribution in [1.29, 1.82) is 0 Å². The third kappa shape index (κ3) is 3.10. The number of aryl methyl sites for hydroxylation is 1. The van der Waals surface area contributed by atoms with Crippen molar-refractivity contribution < 1.29 is 8.42 Å². The van der Waals surface area contributed by atoms with E-state index in [1.807, 2.05) is 6.92 Å². The van der Waals surface area contributed by atoms with Crippen molar-refractivity contribution in [3.05, 3.63) is 16.3 Å². The van der Waals surface area contributed by atoms with Crippen LogP contribution in [0.3, 0.4) is 0 Å². The van der Waals surface area contributed by atoms with Gasteiger partial charge in [0.05, 0.1) is 4.75 Å². The standard InChI is InChI=1S/C15H26N4O3S/c1-15(8-9-15)23(21,22)17-12-7-5-4-6-11(12)10-13-16-19(3)14(20)18(13)2/h11-12,17H,4-10H2,1-3H3/t11-,12-/m0/s1. The van der Waals surface area contributed by atoms with E-state index in [-0.39, 0.29) is 17.6 Å². The Morgan fingerprint density at radius 2 is 1.91 bits per heavy atom. The molecule has 8 heteroatoms. The summed E-state index contributed by atoms with van der Waals surface area (Å²) in [7, 11) is 0.0912. The van der Waals surface area contributed by atoms with Crippen molar-refractivity contribution in [2.24, 2.45) is 20.0 Å². The van der Waals surface area contributed by atoms with Gasteiger partial charge < -0.3 is 0 Å². The van der Waals surface area contributed by atoms with Crippen molar-refractivity contribution in [3.63, 3.8) is 0 Å². The zero-order valence-corrected chi connectivity index (χ0v) is 14.9. The second-order valence-corrected chi connectivity index (χ2v) is 9.54. The Hall–Kier alpha value is -1.15. The number of sulfonamides is 1. The van der Waals surface area contributed by atoms with Crippen LogP contribution in [0.25, 0.3) is 0 Å². The quantitative estimate of drug-likeness (QED) is 0.853. The molecule has 130 valence electrons. The lowest BCUT2D eigenvalue weighted by Crippen LogP contribution is -2.46. The molecule has 0 aromatic carbocycles. The second-order valence-electron chi connectivity index (χ2n) is 7.31. The predicted molar refractivity (Wildman–Crippen MR) is 87.6 cm³/mol. The van der Waals surface area contributed by atoms with Crippen molar-refractivity contribution in [2.75, 3.05) is 0 Å². The largest absolute Gasteiger partial charge is 0.345 e. The Balaban J connectivity index is 1.76. The summed E-state index contributed by atoms with van der Waals surface area (Å²) in [5.74, 6) is 0.924. The molecule has 3 rings (SSSR count). The van der Waals surface area contributed by atoms with Crippen molar-refractivity contribution >= 4 is 10.0 Å². The maximum Gasteiger partial charge on any atom is 0.345 e. The lowest BCUT2D eigenvalue weighted by Gasteiger charge is -2.32. The molecule has 0 saturated heterocycles. The highest BCUT2D eigenvalue weighted by atomic mass is 32.2. The third-order valence-corrected chi connectivity index (χ3v) is 7.80. The molecule has 0 unspecified atom stereocenters. The van der Waals surface area contributed by atoms with Gasteiger partial charge in [-0.2, -0.15) is 5.10 Å².